The van der Waals surface area contributed by atoms with Crippen LogP contribution in [0.4, 0.5) is 0 Å². The molecule has 0 fully saturated rings. The molecule has 0 radical (unpaired) electrons. The van der Waals surface area contributed by atoms with Gasteiger partial charge in [0.25, 0.3) is 0 Å². The number of phenols is 1. The zero-order chi connectivity index (χ0) is 19.9. The van der Waals surface area contributed by atoms with Crippen molar-refractivity contribution in [2.75, 3.05) is 0 Å². The zero-order valence-corrected chi connectivity index (χ0v) is 14.1. The van der Waals surface area contributed by atoms with Crippen LogP contribution in [0.15, 0.2) is 24.3 Å². The third kappa shape index (κ3) is 6.77. The van der Waals surface area contributed by atoms with Crippen LogP contribution >= 0.6 is 0 Å². The van der Waals surface area contributed by atoms with Gasteiger partial charge in [-0.1, -0.05) is 12.1 Å². The first kappa shape index (κ1) is 20.9. The van der Waals surface area contributed by atoms with Crippen LogP contribution in [-0.2, 0) is 25.6 Å². The van der Waals surface area contributed by atoms with E-state index in [0.29, 0.717) is 5.56 Å². The van der Waals surface area contributed by atoms with Crippen molar-refractivity contribution in [3.63, 3.8) is 0 Å². The molecule has 10 nitrogen and oxygen atoms in total. The second kappa shape index (κ2) is 9.37. The molecule has 3 atom stereocenters. The monoisotopic (exact) mass is 366 g/mol. The number of phenolic OH excluding ortho intramolecular Hbond substituents is 1. The predicted octanol–water partition coefficient (Wildman–Crippen LogP) is -1.79. The van der Waals surface area contributed by atoms with Gasteiger partial charge < -0.3 is 32.3 Å². The summed E-state index contributed by atoms with van der Waals surface area (Å²) in [6, 6.07) is 2.38. The largest absolute Gasteiger partial charge is 0.508 e. The van der Waals surface area contributed by atoms with Crippen LogP contribution in [0.3, 0.4) is 0 Å². The maximum absolute atomic E-state index is 12.4. The van der Waals surface area contributed by atoms with Gasteiger partial charge in [-0.3, -0.25) is 14.4 Å². The summed E-state index contributed by atoms with van der Waals surface area (Å²) in [5.41, 5.74) is 11.1. The van der Waals surface area contributed by atoms with E-state index in [1.807, 2.05) is 0 Å². The number of rotatable bonds is 9. The Kier molecular flexibility index (Phi) is 7.53. The molecule has 0 bridgehead atoms. The van der Waals surface area contributed by atoms with Crippen molar-refractivity contribution in [1.29, 1.82) is 0 Å². The summed E-state index contributed by atoms with van der Waals surface area (Å²) in [7, 11) is 0. The molecular weight excluding hydrogens is 344 g/mol. The minimum absolute atomic E-state index is 0.0213. The van der Waals surface area contributed by atoms with Crippen LogP contribution in [0.1, 0.15) is 18.9 Å². The fourth-order valence-electron chi connectivity index (χ4n) is 2.05. The molecule has 0 saturated carbocycles. The Morgan fingerprint density at radius 2 is 1.58 bits per heavy atom. The van der Waals surface area contributed by atoms with Gasteiger partial charge in [-0.25, -0.2) is 4.79 Å². The van der Waals surface area contributed by atoms with Crippen molar-refractivity contribution in [3.8, 4) is 5.75 Å². The van der Waals surface area contributed by atoms with E-state index < -0.39 is 48.2 Å². The first-order valence-electron chi connectivity index (χ1n) is 7.75. The summed E-state index contributed by atoms with van der Waals surface area (Å²) in [5, 5.41) is 23.0. The molecule has 3 amide bonds. The summed E-state index contributed by atoms with van der Waals surface area (Å²) in [6.45, 7) is 1.43. The highest BCUT2D eigenvalue weighted by molar-refractivity contribution is 5.93. The van der Waals surface area contributed by atoms with E-state index in [1.54, 1.807) is 12.1 Å². The van der Waals surface area contributed by atoms with Crippen molar-refractivity contribution in [3.05, 3.63) is 29.8 Å². The average Bonchev–Trinajstić information content (AvgIpc) is 2.54. The second-order valence-corrected chi connectivity index (χ2v) is 5.79. The van der Waals surface area contributed by atoms with Crippen LogP contribution < -0.4 is 22.1 Å². The number of benzene rings is 1. The number of hydrogen-bond donors (Lipinski definition) is 6. The highest BCUT2D eigenvalue weighted by Gasteiger charge is 2.28. The van der Waals surface area contributed by atoms with Gasteiger partial charge in [-0.15, -0.1) is 0 Å². The number of aromatic hydroxyl groups is 1. The summed E-state index contributed by atoms with van der Waals surface area (Å²) in [5.74, 6) is -3.71. The maximum atomic E-state index is 12.4. The van der Waals surface area contributed by atoms with Crippen LogP contribution in [0.2, 0.25) is 0 Å². The molecule has 1 rings (SSSR count). The van der Waals surface area contributed by atoms with E-state index in [0.717, 1.165) is 0 Å². The molecule has 0 aliphatic carbocycles. The quantitative estimate of drug-likeness (QED) is 0.298. The van der Waals surface area contributed by atoms with E-state index >= 15 is 0 Å². The normalized spacial score (nSPS) is 13.9. The molecule has 10 heteroatoms. The number of carboxylic acids is 1. The van der Waals surface area contributed by atoms with E-state index in [2.05, 4.69) is 10.6 Å². The van der Waals surface area contributed by atoms with Gasteiger partial charge in [0.2, 0.25) is 17.7 Å². The molecule has 0 aromatic heterocycles. The number of nitrogens with one attached hydrogen (secondary N) is 2. The first-order valence-corrected chi connectivity index (χ1v) is 7.75. The summed E-state index contributed by atoms with van der Waals surface area (Å²) in [4.78, 5) is 46.4. The number of nitrogens with two attached hydrogens (primary N) is 2. The molecule has 3 unspecified atom stereocenters. The zero-order valence-electron chi connectivity index (χ0n) is 14.1. The minimum Gasteiger partial charge on any atom is -0.508 e. The Hall–Kier alpha value is -3.14. The Labute approximate surface area is 149 Å². The number of primary amides is 1. The van der Waals surface area contributed by atoms with Crippen molar-refractivity contribution in [1.82, 2.24) is 10.6 Å². The molecule has 0 heterocycles. The highest BCUT2D eigenvalue weighted by Crippen LogP contribution is 2.12. The molecule has 1 aromatic carbocycles. The van der Waals surface area contributed by atoms with E-state index in [1.165, 1.54) is 19.1 Å². The number of amides is 3. The van der Waals surface area contributed by atoms with Crippen LogP contribution in [0.25, 0.3) is 0 Å². The number of carboxylic acid groups (broad SMARTS) is 1. The Balaban J connectivity index is 2.95. The molecule has 0 saturated heterocycles. The molecule has 142 valence electrons. The molecule has 0 aliphatic heterocycles. The van der Waals surface area contributed by atoms with Crippen molar-refractivity contribution in [2.45, 2.75) is 37.9 Å². The lowest BCUT2D eigenvalue weighted by Gasteiger charge is -2.22. The van der Waals surface area contributed by atoms with Crippen LogP contribution in [-0.4, -0.2) is 52.0 Å². The van der Waals surface area contributed by atoms with Crippen molar-refractivity contribution >= 4 is 23.7 Å². The summed E-state index contributed by atoms with van der Waals surface area (Å²) in [6.07, 6.45) is -0.568. The number of carbonyl (C=O) groups is 4. The first-order chi connectivity index (χ1) is 12.1. The molecular formula is C16H22N4O6. The van der Waals surface area contributed by atoms with Crippen LogP contribution in [0.5, 0.6) is 5.75 Å². The fraction of sp³-hybridized carbons (Fsp3) is 0.375. The molecule has 26 heavy (non-hydrogen) atoms. The maximum Gasteiger partial charge on any atom is 0.326 e. The third-order valence-corrected chi connectivity index (χ3v) is 3.44. The smallest absolute Gasteiger partial charge is 0.326 e. The molecule has 1 aromatic rings. The lowest BCUT2D eigenvalue weighted by molar-refractivity contribution is -0.143. The van der Waals surface area contributed by atoms with Crippen molar-refractivity contribution < 1.29 is 29.4 Å². The number of aliphatic carboxylic acids is 1. The molecule has 8 N–H and O–H groups in total. The minimum atomic E-state index is -1.52. The van der Waals surface area contributed by atoms with Gasteiger partial charge >= 0.3 is 5.97 Å². The third-order valence-electron chi connectivity index (χ3n) is 3.44. The molecule has 0 spiro atoms. The van der Waals surface area contributed by atoms with Crippen LogP contribution in [0, 0.1) is 0 Å². The SMILES string of the molecule is CC(N)C(=O)NC(Cc1ccc(O)cc1)C(=O)NC(CC(N)=O)C(=O)O. The topological polar surface area (TPSA) is 185 Å². The van der Waals surface area contributed by atoms with E-state index in [4.69, 9.17) is 16.6 Å². The summed E-state index contributed by atoms with van der Waals surface area (Å²) < 4.78 is 0. The van der Waals surface area contributed by atoms with Gasteiger partial charge in [0, 0.05) is 6.42 Å². The Morgan fingerprint density at radius 1 is 1.04 bits per heavy atom. The number of carbonyl (C=O) groups excluding carboxylic acids is 3. The lowest BCUT2D eigenvalue weighted by Crippen LogP contribution is -2.55. The Bertz CT molecular complexity index is 674. The Morgan fingerprint density at radius 3 is 2.04 bits per heavy atom. The standard InChI is InChI=1S/C16H22N4O6/c1-8(17)14(23)19-11(6-9-2-4-10(21)5-3-9)15(24)20-12(16(25)26)7-13(18)22/h2-5,8,11-12,21H,6-7,17H2,1H3,(H2,18,22)(H,19,23)(H,20,24)(H,25,26). The number of hydrogen-bond acceptors (Lipinski definition) is 6. The van der Waals surface area contributed by atoms with E-state index in [9.17, 15) is 24.3 Å². The molecule has 0 aliphatic rings. The second-order valence-electron chi connectivity index (χ2n) is 5.79. The highest BCUT2D eigenvalue weighted by atomic mass is 16.4. The summed E-state index contributed by atoms with van der Waals surface area (Å²) >= 11 is 0. The average molecular weight is 366 g/mol. The van der Waals surface area contributed by atoms with Gasteiger partial charge in [0.1, 0.15) is 17.8 Å². The predicted molar refractivity (Wildman–Crippen MR) is 90.8 cm³/mol. The van der Waals surface area contributed by atoms with E-state index in [-0.39, 0.29) is 12.2 Å². The van der Waals surface area contributed by atoms with Gasteiger partial charge in [0.05, 0.1) is 12.5 Å². The fourth-order valence-corrected chi connectivity index (χ4v) is 2.05. The van der Waals surface area contributed by atoms with Crippen molar-refractivity contribution in [2.24, 2.45) is 11.5 Å². The van der Waals surface area contributed by atoms with Gasteiger partial charge in [0.15, 0.2) is 0 Å². The van der Waals surface area contributed by atoms with Gasteiger partial charge in [-0.2, -0.15) is 0 Å². The van der Waals surface area contributed by atoms with Gasteiger partial charge in [-0.05, 0) is 24.6 Å². The lowest BCUT2D eigenvalue weighted by atomic mass is 10.0.